The van der Waals surface area contributed by atoms with Crippen molar-refractivity contribution in [3.63, 3.8) is 0 Å². The predicted molar refractivity (Wildman–Crippen MR) is 118 cm³/mol. The molecule has 0 radical (unpaired) electrons. The minimum atomic E-state index is -0.738. The van der Waals surface area contributed by atoms with E-state index in [9.17, 15) is 4.91 Å². The maximum absolute atomic E-state index is 11.7. The molecule has 0 N–H and O–H groups in total. The lowest BCUT2D eigenvalue weighted by Gasteiger charge is -2.14. The first-order valence-electron chi connectivity index (χ1n) is 9.05. The van der Waals surface area contributed by atoms with Gasteiger partial charge < -0.3 is 9.15 Å². The number of aryl methyl sites for hydroxylation is 2. The molecule has 148 valence electrons. The van der Waals surface area contributed by atoms with Crippen LogP contribution in [0.4, 0.5) is 0 Å². The Morgan fingerprint density at radius 1 is 1.21 bits per heavy atom. The summed E-state index contributed by atoms with van der Waals surface area (Å²) in [5, 5.41) is 8.96. The topological polar surface area (TPSA) is 82.5 Å². The fraction of sp³-hybridized carbons (Fsp3) is 0.238. The van der Waals surface area contributed by atoms with Crippen molar-refractivity contribution in [2.45, 2.75) is 26.4 Å². The third kappa shape index (κ3) is 3.52. The minimum absolute atomic E-state index is 0.505. The molecular weight excluding hydrogens is 483 g/mol. The molecule has 0 aliphatic carbocycles. The van der Waals surface area contributed by atoms with Gasteiger partial charge in [0.15, 0.2) is 11.7 Å². The number of nitroso groups, excluding NO2 is 1. The minimum Gasteiger partial charge on any atom is -0.497 e. The van der Waals surface area contributed by atoms with Crippen LogP contribution in [0.5, 0.6) is 5.75 Å². The molecule has 1 aromatic carbocycles. The van der Waals surface area contributed by atoms with Gasteiger partial charge in [0, 0.05) is 14.8 Å². The first-order valence-corrected chi connectivity index (χ1v) is 10.1. The van der Waals surface area contributed by atoms with E-state index < -0.39 is 6.04 Å². The Morgan fingerprint density at radius 3 is 2.59 bits per heavy atom. The molecule has 0 fully saturated rings. The number of methoxy groups -OCH3 is 1. The zero-order valence-corrected chi connectivity index (χ0v) is 18.4. The van der Waals surface area contributed by atoms with Gasteiger partial charge in [-0.05, 0) is 66.3 Å². The second-order valence-electron chi connectivity index (χ2n) is 6.74. The van der Waals surface area contributed by atoms with Crippen molar-refractivity contribution in [3.05, 3.63) is 79.4 Å². The summed E-state index contributed by atoms with van der Waals surface area (Å²) in [5.41, 5.74) is 4.23. The molecule has 1 atom stereocenters. The van der Waals surface area contributed by atoms with E-state index in [1.54, 1.807) is 25.5 Å². The SMILES string of the molecule is COc1ccc(Cn2nc(C)c3c(I)c(C(N=O)c4ccco4)c(C)nc32)cc1. The van der Waals surface area contributed by atoms with E-state index in [1.807, 2.05) is 42.8 Å². The van der Waals surface area contributed by atoms with Crippen LogP contribution in [0.3, 0.4) is 0 Å². The summed E-state index contributed by atoms with van der Waals surface area (Å²) in [6.45, 7) is 4.42. The number of fused-ring (bicyclic) bond motifs is 1. The van der Waals surface area contributed by atoms with Crippen LogP contribution in [0.2, 0.25) is 0 Å². The van der Waals surface area contributed by atoms with Crippen LogP contribution in [0.15, 0.2) is 52.3 Å². The summed E-state index contributed by atoms with van der Waals surface area (Å²) in [7, 11) is 1.65. The molecule has 4 rings (SSSR count). The molecule has 4 aromatic rings. The average molecular weight is 502 g/mol. The van der Waals surface area contributed by atoms with Crippen molar-refractivity contribution in [1.82, 2.24) is 14.8 Å². The van der Waals surface area contributed by atoms with Gasteiger partial charge in [0.2, 0.25) is 0 Å². The fourth-order valence-electron chi connectivity index (χ4n) is 3.48. The summed E-state index contributed by atoms with van der Waals surface area (Å²) in [6, 6.07) is 10.6. The molecule has 8 heteroatoms. The summed E-state index contributed by atoms with van der Waals surface area (Å²) in [4.78, 5) is 16.5. The number of hydrogen-bond donors (Lipinski definition) is 0. The third-order valence-corrected chi connectivity index (χ3v) is 6.02. The quantitative estimate of drug-likeness (QED) is 0.269. The van der Waals surface area contributed by atoms with Crippen molar-refractivity contribution in [2.75, 3.05) is 7.11 Å². The predicted octanol–water partition coefficient (Wildman–Crippen LogP) is 5.16. The molecular formula is C21H19IN4O3. The standard InChI is InChI=1S/C21H19IN4O3/c1-12-17(20(25-27)16-5-4-10-29-16)19(22)18-13(2)24-26(21(18)23-12)11-14-6-8-15(28-3)9-7-14/h4-10,20H,11H2,1-3H3. The first-order chi connectivity index (χ1) is 14.0. The normalized spacial score (nSPS) is 12.3. The number of nitrogens with zero attached hydrogens (tertiary/aromatic N) is 4. The molecule has 7 nitrogen and oxygen atoms in total. The summed E-state index contributed by atoms with van der Waals surface area (Å²) in [6.07, 6.45) is 1.54. The Hall–Kier alpha value is -2.75. The van der Waals surface area contributed by atoms with Crippen LogP contribution in [0.1, 0.15) is 34.3 Å². The molecule has 0 bridgehead atoms. The number of furan rings is 1. The van der Waals surface area contributed by atoms with Crippen molar-refractivity contribution in [2.24, 2.45) is 5.18 Å². The van der Waals surface area contributed by atoms with E-state index in [4.69, 9.17) is 19.2 Å². The van der Waals surface area contributed by atoms with Gasteiger partial charge in [-0.1, -0.05) is 17.3 Å². The Morgan fingerprint density at radius 2 is 1.97 bits per heavy atom. The highest BCUT2D eigenvalue weighted by Gasteiger charge is 2.27. The Labute approximate surface area is 181 Å². The van der Waals surface area contributed by atoms with Gasteiger partial charge in [-0.15, -0.1) is 4.91 Å². The van der Waals surface area contributed by atoms with Gasteiger partial charge in [-0.2, -0.15) is 5.10 Å². The van der Waals surface area contributed by atoms with E-state index in [0.717, 1.165) is 42.9 Å². The van der Waals surface area contributed by atoms with Gasteiger partial charge in [0.25, 0.3) is 0 Å². The van der Waals surface area contributed by atoms with Crippen molar-refractivity contribution >= 4 is 33.6 Å². The van der Waals surface area contributed by atoms with Gasteiger partial charge in [0.1, 0.15) is 11.5 Å². The number of halogens is 1. The number of rotatable bonds is 6. The van der Waals surface area contributed by atoms with Crippen LogP contribution in [-0.2, 0) is 6.54 Å². The van der Waals surface area contributed by atoms with Gasteiger partial charge in [-0.3, -0.25) is 0 Å². The van der Waals surface area contributed by atoms with E-state index in [1.165, 1.54) is 0 Å². The highest BCUT2D eigenvalue weighted by atomic mass is 127. The van der Waals surface area contributed by atoms with Crippen LogP contribution in [0, 0.1) is 22.3 Å². The Bertz CT molecular complexity index is 1170. The van der Waals surface area contributed by atoms with Crippen molar-refractivity contribution in [1.29, 1.82) is 0 Å². The van der Waals surface area contributed by atoms with Crippen LogP contribution in [-0.4, -0.2) is 21.9 Å². The zero-order valence-electron chi connectivity index (χ0n) is 16.2. The van der Waals surface area contributed by atoms with E-state index >= 15 is 0 Å². The van der Waals surface area contributed by atoms with Crippen LogP contribution < -0.4 is 4.74 Å². The molecule has 0 saturated heterocycles. The zero-order chi connectivity index (χ0) is 20.5. The summed E-state index contributed by atoms with van der Waals surface area (Å²) >= 11 is 2.26. The first kappa shape index (κ1) is 19.6. The van der Waals surface area contributed by atoms with E-state index in [-0.39, 0.29) is 0 Å². The molecule has 1 unspecified atom stereocenters. The molecule has 29 heavy (non-hydrogen) atoms. The maximum atomic E-state index is 11.7. The van der Waals surface area contributed by atoms with Crippen molar-refractivity contribution in [3.8, 4) is 5.75 Å². The number of pyridine rings is 1. The Kier molecular flexibility index (Phi) is 5.35. The highest BCUT2D eigenvalue weighted by molar-refractivity contribution is 14.1. The maximum Gasteiger partial charge on any atom is 0.177 e. The van der Waals surface area contributed by atoms with Gasteiger partial charge in [0.05, 0.1) is 31.0 Å². The number of aromatic nitrogens is 3. The van der Waals surface area contributed by atoms with Crippen molar-refractivity contribution < 1.29 is 9.15 Å². The largest absolute Gasteiger partial charge is 0.497 e. The van der Waals surface area contributed by atoms with E-state index in [0.29, 0.717) is 12.3 Å². The lowest BCUT2D eigenvalue weighted by molar-refractivity contribution is 0.414. The summed E-state index contributed by atoms with van der Waals surface area (Å²) in [5.74, 6) is 1.32. The molecule has 3 aromatic heterocycles. The van der Waals surface area contributed by atoms with Crippen LogP contribution in [0.25, 0.3) is 11.0 Å². The molecule has 0 saturated carbocycles. The average Bonchev–Trinajstić information content (AvgIpc) is 3.34. The van der Waals surface area contributed by atoms with Gasteiger partial charge >= 0.3 is 0 Å². The molecule has 3 heterocycles. The second kappa shape index (κ2) is 7.94. The monoisotopic (exact) mass is 502 g/mol. The molecule has 0 spiro atoms. The third-order valence-electron chi connectivity index (χ3n) is 4.90. The fourth-order valence-corrected chi connectivity index (χ4v) is 4.80. The highest BCUT2D eigenvalue weighted by Crippen LogP contribution is 2.36. The molecule has 0 aliphatic rings. The second-order valence-corrected chi connectivity index (χ2v) is 7.82. The number of ether oxygens (including phenoxy) is 1. The summed E-state index contributed by atoms with van der Waals surface area (Å²) < 4.78 is 13.5. The Balaban J connectivity index is 1.81. The van der Waals surface area contributed by atoms with Gasteiger partial charge in [-0.25, -0.2) is 9.67 Å². The molecule has 0 aliphatic heterocycles. The van der Waals surface area contributed by atoms with Crippen LogP contribution >= 0.6 is 22.6 Å². The smallest absolute Gasteiger partial charge is 0.177 e. The molecule has 0 amide bonds. The number of benzene rings is 1. The lowest BCUT2D eigenvalue weighted by Crippen LogP contribution is -2.07. The van der Waals surface area contributed by atoms with E-state index in [2.05, 4.69) is 27.8 Å². The lowest BCUT2D eigenvalue weighted by atomic mass is 10.0. The number of hydrogen-bond acceptors (Lipinski definition) is 6.